The van der Waals surface area contributed by atoms with Crippen LogP contribution in [0.15, 0.2) is 46.3 Å². The molecule has 3 N–H and O–H groups in total. The number of amidine groups is 1. The molecule has 1 saturated heterocycles. The number of nitrogens with two attached hydrogens (primary N) is 1. The van der Waals surface area contributed by atoms with E-state index in [0.717, 1.165) is 0 Å². The number of carbonyl (C=O) groups is 1. The number of hydrogen-bond acceptors (Lipinski definition) is 9. The third-order valence-corrected chi connectivity index (χ3v) is 6.12. The highest BCUT2D eigenvalue weighted by Crippen LogP contribution is 2.48. The van der Waals surface area contributed by atoms with Gasteiger partial charge in [-0.1, -0.05) is 18.3 Å². The lowest BCUT2D eigenvalue weighted by atomic mass is 9.72. The number of rotatable bonds is 6. The van der Waals surface area contributed by atoms with E-state index in [0.29, 0.717) is 5.57 Å². The number of nitrogens with zero attached hydrogens (tertiary/aromatic N) is 4. The Kier molecular flexibility index (Phi) is 6.75. The number of amides is 1. The van der Waals surface area contributed by atoms with Crippen LogP contribution in [0.2, 0.25) is 0 Å². The zero-order valence-electron chi connectivity index (χ0n) is 17.6. The van der Waals surface area contributed by atoms with Gasteiger partial charge in [0.05, 0.1) is 37.9 Å². The number of methoxy groups -OCH3 is 1. The molecule has 1 aromatic rings. The molecular formula is C20H25FN6O3S. The van der Waals surface area contributed by atoms with Crippen LogP contribution in [0.5, 0.6) is 5.88 Å². The van der Waals surface area contributed by atoms with E-state index < -0.39 is 17.1 Å². The number of aromatic nitrogens is 2. The standard InChI is InChI=1S/C20H25FN6O3S/c1-12(20-10-30-13(2)6-19(20,21)11-31-18(22)27-20)5-14(7-23-3)26-17(28)15-8-25-16(29-4)9-24-15/h5,7-9,13H,1,6,10-11H2,2-4H3,(H2,22,27)(H,26,28)/b14-5+,23-7-/t13-,19+,20+/m0/s1. The van der Waals surface area contributed by atoms with E-state index in [1.54, 1.807) is 7.05 Å². The monoisotopic (exact) mass is 448 g/mol. The van der Waals surface area contributed by atoms with Gasteiger partial charge in [0.15, 0.2) is 10.8 Å². The Bertz CT molecular complexity index is 951. The quantitative estimate of drug-likeness (QED) is 0.501. The van der Waals surface area contributed by atoms with Gasteiger partial charge in [0, 0.05) is 25.4 Å². The number of thioether (sulfide) groups is 1. The van der Waals surface area contributed by atoms with Crippen LogP contribution >= 0.6 is 11.8 Å². The van der Waals surface area contributed by atoms with Crippen molar-refractivity contribution in [3.8, 4) is 5.88 Å². The van der Waals surface area contributed by atoms with Crippen molar-refractivity contribution in [1.82, 2.24) is 15.3 Å². The van der Waals surface area contributed by atoms with Gasteiger partial charge in [-0.3, -0.25) is 9.79 Å². The van der Waals surface area contributed by atoms with Crippen molar-refractivity contribution >= 4 is 29.1 Å². The number of alkyl halides is 1. The second-order valence-electron chi connectivity index (χ2n) is 7.30. The molecule has 2 aliphatic rings. The average Bonchev–Trinajstić information content (AvgIpc) is 2.74. The van der Waals surface area contributed by atoms with Crippen LogP contribution in [0.25, 0.3) is 0 Å². The van der Waals surface area contributed by atoms with Crippen molar-refractivity contribution < 1.29 is 18.7 Å². The minimum atomic E-state index is -1.69. The topological polar surface area (TPSA) is 124 Å². The molecule has 2 aliphatic heterocycles. The molecule has 1 amide bonds. The zero-order chi connectivity index (χ0) is 22.6. The Balaban J connectivity index is 1.90. The van der Waals surface area contributed by atoms with Crippen molar-refractivity contribution in [2.45, 2.75) is 30.7 Å². The summed E-state index contributed by atoms with van der Waals surface area (Å²) in [5.41, 5.74) is 3.55. The Hall–Kier alpha value is -2.79. The molecular weight excluding hydrogens is 423 g/mol. The number of hydrogen-bond donors (Lipinski definition) is 2. The molecule has 0 aromatic carbocycles. The molecule has 0 saturated carbocycles. The summed E-state index contributed by atoms with van der Waals surface area (Å²) in [5.74, 6) is -0.0892. The first kappa shape index (κ1) is 22.9. The van der Waals surface area contributed by atoms with Gasteiger partial charge < -0.3 is 20.5 Å². The molecule has 9 nitrogen and oxygen atoms in total. The van der Waals surface area contributed by atoms with E-state index in [4.69, 9.17) is 15.2 Å². The summed E-state index contributed by atoms with van der Waals surface area (Å²) < 4.78 is 26.8. The van der Waals surface area contributed by atoms with E-state index in [-0.39, 0.29) is 47.3 Å². The minimum absolute atomic E-state index is 0.00426. The molecule has 31 heavy (non-hydrogen) atoms. The molecule has 3 heterocycles. The van der Waals surface area contributed by atoms with Crippen LogP contribution in [0.1, 0.15) is 23.8 Å². The lowest BCUT2D eigenvalue weighted by molar-refractivity contribution is -0.0884. The summed E-state index contributed by atoms with van der Waals surface area (Å²) in [5, 5.41) is 2.95. The number of allylic oxidation sites excluding steroid dienone is 1. The molecule has 3 rings (SSSR count). The number of aliphatic imine (C=N–C) groups is 2. The first-order chi connectivity index (χ1) is 14.7. The van der Waals surface area contributed by atoms with Crippen molar-refractivity contribution in [3.63, 3.8) is 0 Å². The van der Waals surface area contributed by atoms with Gasteiger partial charge >= 0.3 is 0 Å². The van der Waals surface area contributed by atoms with Crippen LogP contribution in [0.4, 0.5) is 4.39 Å². The lowest BCUT2D eigenvalue weighted by Gasteiger charge is -2.50. The van der Waals surface area contributed by atoms with Gasteiger partial charge in [0.25, 0.3) is 5.91 Å². The molecule has 0 spiro atoms. The second kappa shape index (κ2) is 9.15. The number of nitrogens with one attached hydrogen (secondary N) is 1. The first-order valence-corrected chi connectivity index (χ1v) is 10.5. The maximum Gasteiger partial charge on any atom is 0.275 e. The van der Waals surface area contributed by atoms with Gasteiger partial charge in [0.2, 0.25) is 5.88 Å². The molecule has 1 aromatic heterocycles. The van der Waals surface area contributed by atoms with E-state index in [9.17, 15) is 4.79 Å². The third kappa shape index (κ3) is 4.62. The smallest absolute Gasteiger partial charge is 0.275 e. The Labute approximate surface area is 184 Å². The number of ether oxygens (including phenoxy) is 2. The summed E-state index contributed by atoms with van der Waals surface area (Å²) in [6.45, 7) is 5.87. The van der Waals surface area contributed by atoms with Crippen LogP contribution in [0.3, 0.4) is 0 Å². The Morgan fingerprint density at radius 1 is 1.52 bits per heavy atom. The highest BCUT2D eigenvalue weighted by molar-refractivity contribution is 8.13. The molecule has 0 radical (unpaired) electrons. The fourth-order valence-electron chi connectivity index (χ4n) is 3.53. The zero-order valence-corrected chi connectivity index (χ0v) is 18.4. The molecule has 166 valence electrons. The fraction of sp³-hybridized carbons (Fsp3) is 0.450. The number of carbonyl (C=O) groups excluding carboxylic acids is 1. The maximum atomic E-state index is 16.1. The van der Waals surface area contributed by atoms with Gasteiger partial charge in [-0.05, 0) is 18.6 Å². The summed E-state index contributed by atoms with van der Waals surface area (Å²) in [6, 6.07) is 0. The SMILES string of the molecule is C=C(/C=C(\C=N/C)NC(=O)c1cnc(OC)cn1)[C@]12CO[C@@H](C)C[C@@]1(F)CSC(N)=N2. The van der Waals surface area contributed by atoms with Gasteiger partial charge in [-0.15, -0.1) is 0 Å². The van der Waals surface area contributed by atoms with Crippen LogP contribution < -0.4 is 15.8 Å². The number of halogens is 1. The summed E-state index contributed by atoms with van der Waals surface area (Å²) >= 11 is 1.17. The second-order valence-corrected chi connectivity index (χ2v) is 8.30. The molecule has 3 atom stereocenters. The van der Waals surface area contributed by atoms with Crippen LogP contribution in [-0.4, -0.2) is 71.1 Å². The highest BCUT2D eigenvalue weighted by Gasteiger charge is 2.59. The predicted molar refractivity (Wildman–Crippen MR) is 118 cm³/mol. The Morgan fingerprint density at radius 3 is 2.94 bits per heavy atom. The van der Waals surface area contributed by atoms with Crippen LogP contribution in [-0.2, 0) is 4.74 Å². The van der Waals surface area contributed by atoms with E-state index in [2.05, 4.69) is 31.8 Å². The van der Waals surface area contributed by atoms with Gasteiger partial charge in [0.1, 0.15) is 11.2 Å². The first-order valence-electron chi connectivity index (χ1n) is 9.52. The maximum absolute atomic E-state index is 16.1. The predicted octanol–water partition coefficient (Wildman–Crippen LogP) is 1.67. The third-order valence-electron chi connectivity index (χ3n) is 5.14. The molecule has 0 unspecified atom stereocenters. The van der Waals surface area contributed by atoms with Crippen molar-refractivity contribution in [2.24, 2.45) is 15.7 Å². The van der Waals surface area contributed by atoms with Crippen molar-refractivity contribution in [2.75, 3.05) is 26.5 Å². The average molecular weight is 449 g/mol. The van der Waals surface area contributed by atoms with E-state index >= 15 is 4.39 Å². The molecule has 11 heteroatoms. The van der Waals surface area contributed by atoms with E-state index in [1.807, 2.05) is 6.92 Å². The minimum Gasteiger partial charge on any atom is -0.480 e. The molecule has 0 bridgehead atoms. The van der Waals surface area contributed by atoms with Crippen LogP contribution in [0, 0.1) is 0 Å². The lowest BCUT2D eigenvalue weighted by Crippen LogP contribution is -2.63. The molecule has 1 fully saturated rings. The van der Waals surface area contributed by atoms with Gasteiger partial charge in [-0.2, -0.15) is 0 Å². The number of fused-ring (bicyclic) bond motifs is 1. The summed E-state index contributed by atoms with van der Waals surface area (Å²) in [6.07, 6.45) is 5.48. The fourth-order valence-corrected chi connectivity index (χ4v) is 4.49. The Morgan fingerprint density at radius 2 is 2.29 bits per heavy atom. The van der Waals surface area contributed by atoms with E-state index in [1.165, 1.54) is 43.6 Å². The summed E-state index contributed by atoms with van der Waals surface area (Å²) in [7, 11) is 3.00. The normalized spacial score (nSPS) is 28.6. The van der Waals surface area contributed by atoms with Crippen molar-refractivity contribution in [3.05, 3.63) is 42.0 Å². The largest absolute Gasteiger partial charge is 0.480 e. The highest BCUT2D eigenvalue weighted by atomic mass is 32.2. The van der Waals surface area contributed by atoms with Gasteiger partial charge in [-0.25, -0.2) is 19.4 Å². The summed E-state index contributed by atoms with van der Waals surface area (Å²) in [4.78, 5) is 29.0. The van der Waals surface area contributed by atoms with Crippen molar-refractivity contribution in [1.29, 1.82) is 0 Å². The molecule has 0 aliphatic carbocycles.